The second kappa shape index (κ2) is 7.16. The van der Waals surface area contributed by atoms with E-state index in [1.807, 2.05) is 36.4 Å². The molecule has 5 heteroatoms. The molecule has 2 aromatic carbocycles. The number of furan rings is 1. The molecule has 0 aliphatic carbocycles. The average Bonchev–Trinajstić information content (AvgIpc) is 3.10. The molecule has 0 saturated heterocycles. The third-order valence-electron chi connectivity index (χ3n) is 3.26. The van der Waals surface area contributed by atoms with Crippen molar-refractivity contribution in [2.24, 2.45) is 0 Å². The molecular formula is C19H14N2O3. The molecule has 0 fully saturated rings. The molecule has 24 heavy (non-hydrogen) atoms. The number of nitriles is 1. The lowest BCUT2D eigenvalue weighted by Gasteiger charge is -2.04. The normalized spacial score (nSPS) is 9.96. The van der Waals surface area contributed by atoms with Crippen molar-refractivity contribution in [3.63, 3.8) is 0 Å². The van der Waals surface area contributed by atoms with Gasteiger partial charge in [0, 0.05) is 5.69 Å². The number of hydrogen-bond acceptors (Lipinski definition) is 4. The maximum absolute atomic E-state index is 12.2. The number of nitrogens with one attached hydrogen (secondary N) is 1. The van der Waals surface area contributed by atoms with Crippen molar-refractivity contribution in [3.05, 3.63) is 83.8 Å². The summed E-state index contributed by atoms with van der Waals surface area (Å²) in [4.78, 5) is 12.2. The van der Waals surface area contributed by atoms with Crippen molar-refractivity contribution in [3.8, 4) is 11.8 Å². The Labute approximate surface area is 139 Å². The topological polar surface area (TPSA) is 75.3 Å². The molecule has 0 spiro atoms. The Morgan fingerprint density at radius 3 is 2.71 bits per heavy atom. The fraction of sp³-hybridized carbons (Fsp3) is 0.0526. The van der Waals surface area contributed by atoms with Gasteiger partial charge in [0.1, 0.15) is 18.1 Å². The Bertz CT molecular complexity index is 879. The Balaban J connectivity index is 1.62. The van der Waals surface area contributed by atoms with Crippen LogP contribution >= 0.6 is 0 Å². The minimum atomic E-state index is -0.379. The SMILES string of the molecule is N#Cc1cccc(NC(=O)c2ccc(COc3ccccc3)o2)c1. The maximum Gasteiger partial charge on any atom is 0.291 e. The minimum absolute atomic E-state index is 0.184. The molecule has 0 saturated carbocycles. The molecule has 0 unspecified atom stereocenters. The van der Waals surface area contributed by atoms with Crippen LogP contribution in [-0.4, -0.2) is 5.91 Å². The van der Waals surface area contributed by atoms with Gasteiger partial charge in [0.15, 0.2) is 5.76 Å². The molecule has 0 aliphatic heterocycles. The van der Waals surface area contributed by atoms with E-state index >= 15 is 0 Å². The highest BCUT2D eigenvalue weighted by atomic mass is 16.5. The van der Waals surface area contributed by atoms with E-state index in [9.17, 15) is 4.79 Å². The number of rotatable bonds is 5. The van der Waals surface area contributed by atoms with E-state index in [4.69, 9.17) is 14.4 Å². The summed E-state index contributed by atoms with van der Waals surface area (Å²) < 4.78 is 11.1. The zero-order valence-corrected chi connectivity index (χ0v) is 12.7. The van der Waals surface area contributed by atoms with Crippen molar-refractivity contribution >= 4 is 11.6 Å². The second-order valence-electron chi connectivity index (χ2n) is 5.01. The van der Waals surface area contributed by atoms with Gasteiger partial charge in [-0.25, -0.2) is 0 Å². The van der Waals surface area contributed by atoms with Crippen LogP contribution in [0.15, 0.2) is 71.1 Å². The first-order chi connectivity index (χ1) is 11.7. The summed E-state index contributed by atoms with van der Waals surface area (Å²) in [7, 11) is 0. The predicted molar refractivity (Wildman–Crippen MR) is 88.6 cm³/mol. The summed E-state index contributed by atoms with van der Waals surface area (Å²) in [6.45, 7) is 0.237. The van der Waals surface area contributed by atoms with Gasteiger partial charge in [-0.1, -0.05) is 24.3 Å². The first-order valence-corrected chi connectivity index (χ1v) is 7.33. The van der Waals surface area contributed by atoms with Crippen molar-refractivity contribution in [1.29, 1.82) is 5.26 Å². The smallest absolute Gasteiger partial charge is 0.291 e. The molecule has 1 heterocycles. The maximum atomic E-state index is 12.2. The molecule has 0 atom stereocenters. The summed E-state index contributed by atoms with van der Waals surface area (Å²) >= 11 is 0. The van der Waals surface area contributed by atoms with Gasteiger partial charge in [-0.05, 0) is 42.5 Å². The number of anilines is 1. The Morgan fingerprint density at radius 1 is 1.08 bits per heavy atom. The van der Waals surface area contributed by atoms with E-state index in [1.165, 1.54) is 0 Å². The van der Waals surface area contributed by atoms with Crippen LogP contribution in [0.25, 0.3) is 0 Å². The highest BCUT2D eigenvalue weighted by Gasteiger charge is 2.12. The molecule has 0 bridgehead atoms. The van der Waals surface area contributed by atoms with E-state index < -0.39 is 0 Å². The highest BCUT2D eigenvalue weighted by molar-refractivity contribution is 6.02. The number of para-hydroxylation sites is 1. The zero-order valence-electron chi connectivity index (χ0n) is 12.7. The Morgan fingerprint density at radius 2 is 1.92 bits per heavy atom. The van der Waals surface area contributed by atoms with Gasteiger partial charge in [-0.2, -0.15) is 5.26 Å². The minimum Gasteiger partial charge on any atom is -0.486 e. The number of amides is 1. The Kier molecular flexibility index (Phi) is 4.59. The van der Waals surface area contributed by atoms with Gasteiger partial charge in [0.2, 0.25) is 0 Å². The molecule has 0 aliphatic rings. The van der Waals surface area contributed by atoms with E-state index in [1.54, 1.807) is 36.4 Å². The molecule has 1 aromatic heterocycles. The lowest BCUT2D eigenvalue weighted by molar-refractivity contribution is 0.0992. The van der Waals surface area contributed by atoms with Crippen LogP contribution < -0.4 is 10.1 Å². The van der Waals surface area contributed by atoms with Crippen LogP contribution in [0.3, 0.4) is 0 Å². The quantitative estimate of drug-likeness (QED) is 0.772. The molecule has 5 nitrogen and oxygen atoms in total. The van der Waals surface area contributed by atoms with Crippen LogP contribution in [0.1, 0.15) is 21.9 Å². The fourth-order valence-electron chi connectivity index (χ4n) is 2.11. The van der Waals surface area contributed by atoms with Crippen molar-refractivity contribution in [2.75, 3.05) is 5.32 Å². The molecule has 3 rings (SSSR count). The van der Waals surface area contributed by atoms with Gasteiger partial charge in [0.25, 0.3) is 5.91 Å². The van der Waals surface area contributed by atoms with Crippen molar-refractivity contribution in [1.82, 2.24) is 0 Å². The van der Waals surface area contributed by atoms with Crippen molar-refractivity contribution < 1.29 is 13.9 Å². The number of ether oxygens (including phenoxy) is 1. The largest absolute Gasteiger partial charge is 0.486 e. The first-order valence-electron chi connectivity index (χ1n) is 7.33. The number of carbonyl (C=O) groups is 1. The van der Waals surface area contributed by atoms with Gasteiger partial charge in [-0.3, -0.25) is 4.79 Å². The summed E-state index contributed by atoms with van der Waals surface area (Å²) in [5, 5.41) is 11.6. The molecule has 118 valence electrons. The van der Waals surface area contributed by atoms with E-state index in [-0.39, 0.29) is 18.3 Å². The summed E-state index contributed by atoms with van der Waals surface area (Å²) in [6.07, 6.45) is 0. The van der Waals surface area contributed by atoms with Crippen LogP contribution in [0, 0.1) is 11.3 Å². The number of nitrogens with zero attached hydrogens (tertiary/aromatic N) is 1. The Hall–Kier alpha value is -3.52. The lowest BCUT2D eigenvalue weighted by atomic mass is 10.2. The lowest BCUT2D eigenvalue weighted by Crippen LogP contribution is -2.10. The van der Waals surface area contributed by atoms with E-state index in [0.717, 1.165) is 5.75 Å². The number of hydrogen-bond donors (Lipinski definition) is 1. The monoisotopic (exact) mass is 318 g/mol. The molecule has 0 radical (unpaired) electrons. The fourth-order valence-corrected chi connectivity index (χ4v) is 2.11. The average molecular weight is 318 g/mol. The molecule has 1 N–H and O–H groups in total. The van der Waals surface area contributed by atoms with Gasteiger partial charge in [0.05, 0.1) is 11.6 Å². The van der Waals surface area contributed by atoms with Gasteiger partial charge in [-0.15, -0.1) is 0 Å². The third kappa shape index (κ3) is 3.81. The number of carbonyl (C=O) groups excluding carboxylic acids is 1. The number of benzene rings is 2. The molecule has 3 aromatic rings. The summed E-state index contributed by atoms with van der Waals surface area (Å²) in [5.74, 6) is 1.09. The standard InChI is InChI=1S/C19H14N2O3/c20-12-14-5-4-6-15(11-14)21-19(22)18-10-9-17(24-18)13-23-16-7-2-1-3-8-16/h1-11H,13H2,(H,21,22). The zero-order chi connectivity index (χ0) is 16.8. The van der Waals surface area contributed by atoms with Crippen LogP contribution in [-0.2, 0) is 6.61 Å². The van der Waals surface area contributed by atoms with Gasteiger partial charge >= 0.3 is 0 Å². The predicted octanol–water partition coefficient (Wildman–Crippen LogP) is 3.98. The van der Waals surface area contributed by atoms with Crippen molar-refractivity contribution in [2.45, 2.75) is 6.61 Å². The van der Waals surface area contributed by atoms with E-state index in [2.05, 4.69) is 5.32 Å². The van der Waals surface area contributed by atoms with Crippen LogP contribution in [0.2, 0.25) is 0 Å². The van der Waals surface area contributed by atoms with Gasteiger partial charge < -0.3 is 14.5 Å². The second-order valence-corrected chi connectivity index (χ2v) is 5.01. The molecule has 1 amide bonds. The molecular weight excluding hydrogens is 304 g/mol. The third-order valence-corrected chi connectivity index (χ3v) is 3.26. The highest BCUT2D eigenvalue weighted by Crippen LogP contribution is 2.16. The summed E-state index contributed by atoms with van der Waals surface area (Å²) in [6, 6.07) is 21.4. The first kappa shape index (κ1) is 15.4. The van der Waals surface area contributed by atoms with Crippen LogP contribution in [0.5, 0.6) is 5.75 Å². The van der Waals surface area contributed by atoms with E-state index in [0.29, 0.717) is 17.0 Å². The summed E-state index contributed by atoms with van der Waals surface area (Å²) in [5.41, 5.74) is 1.02. The van der Waals surface area contributed by atoms with Crippen LogP contribution in [0.4, 0.5) is 5.69 Å².